The molecule has 0 fully saturated rings. The topological polar surface area (TPSA) is 42.7 Å². The van der Waals surface area contributed by atoms with Crippen LogP contribution in [0, 0.1) is 6.92 Å². The first-order valence-electron chi connectivity index (χ1n) is 6.29. The molecule has 0 radical (unpaired) electrons. The SMILES string of the molecule is Cc1ccc2nc(NCCc3nccn3C)sc2c1. The highest BCUT2D eigenvalue weighted by atomic mass is 32.1. The number of imidazole rings is 1. The summed E-state index contributed by atoms with van der Waals surface area (Å²) >= 11 is 1.70. The van der Waals surface area contributed by atoms with E-state index in [1.54, 1.807) is 11.3 Å². The van der Waals surface area contributed by atoms with Crippen LogP contribution in [0.15, 0.2) is 30.6 Å². The molecule has 0 aliphatic rings. The lowest BCUT2D eigenvalue weighted by molar-refractivity contribution is 0.789. The number of aryl methyl sites for hydroxylation is 2. The lowest BCUT2D eigenvalue weighted by Crippen LogP contribution is -2.08. The van der Waals surface area contributed by atoms with Gasteiger partial charge in [-0.3, -0.25) is 0 Å². The molecular weight excluding hydrogens is 256 g/mol. The van der Waals surface area contributed by atoms with E-state index < -0.39 is 0 Å². The monoisotopic (exact) mass is 272 g/mol. The Morgan fingerprint density at radius 2 is 2.26 bits per heavy atom. The number of thiazole rings is 1. The minimum absolute atomic E-state index is 0.851. The van der Waals surface area contributed by atoms with Crippen LogP contribution in [0.5, 0.6) is 0 Å². The van der Waals surface area contributed by atoms with Crippen molar-refractivity contribution < 1.29 is 0 Å². The molecule has 0 unspecified atom stereocenters. The normalized spacial score (nSPS) is 11.1. The van der Waals surface area contributed by atoms with E-state index in [4.69, 9.17) is 0 Å². The molecule has 19 heavy (non-hydrogen) atoms. The summed E-state index contributed by atoms with van der Waals surface area (Å²) in [5.74, 6) is 1.09. The van der Waals surface area contributed by atoms with Gasteiger partial charge in [-0.2, -0.15) is 0 Å². The second-order valence-corrected chi connectivity index (χ2v) is 5.65. The van der Waals surface area contributed by atoms with Gasteiger partial charge in [0.2, 0.25) is 0 Å². The van der Waals surface area contributed by atoms with E-state index in [2.05, 4.69) is 40.4 Å². The quantitative estimate of drug-likeness (QED) is 0.794. The summed E-state index contributed by atoms with van der Waals surface area (Å²) in [6.07, 6.45) is 4.70. The van der Waals surface area contributed by atoms with Crippen LogP contribution < -0.4 is 5.32 Å². The summed E-state index contributed by atoms with van der Waals surface area (Å²) in [5, 5.41) is 4.35. The third-order valence-electron chi connectivity index (χ3n) is 3.09. The van der Waals surface area contributed by atoms with Crippen molar-refractivity contribution in [3.8, 4) is 0 Å². The molecule has 0 atom stereocenters. The number of nitrogens with one attached hydrogen (secondary N) is 1. The van der Waals surface area contributed by atoms with E-state index in [9.17, 15) is 0 Å². The first-order valence-corrected chi connectivity index (χ1v) is 7.11. The van der Waals surface area contributed by atoms with Crippen LogP contribution >= 0.6 is 11.3 Å². The maximum atomic E-state index is 4.58. The van der Waals surface area contributed by atoms with Crippen LogP contribution in [-0.4, -0.2) is 21.1 Å². The van der Waals surface area contributed by atoms with Crippen LogP contribution in [0.3, 0.4) is 0 Å². The van der Waals surface area contributed by atoms with Crippen molar-refractivity contribution in [2.24, 2.45) is 7.05 Å². The van der Waals surface area contributed by atoms with Gasteiger partial charge in [0.15, 0.2) is 5.13 Å². The van der Waals surface area contributed by atoms with Gasteiger partial charge in [-0.15, -0.1) is 0 Å². The van der Waals surface area contributed by atoms with Gasteiger partial charge in [-0.1, -0.05) is 17.4 Å². The van der Waals surface area contributed by atoms with E-state index in [-0.39, 0.29) is 0 Å². The molecule has 0 bridgehead atoms. The third-order valence-corrected chi connectivity index (χ3v) is 4.07. The fourth-order valence-corrected chi connectivity index (χ4v) is 3.02. The number of hydrogen-bond acceptors (Lipinski definition) is 4. The summed E-state index contributed by atoms with van der Waals surface area (Å²) < 4.78 is 3.28. The molecule has 0 aliphatic carbocycles. The van der Waals surface area contributed by atoms with Crippen molar-refractivity contribution in [2.75, 3.05) is 11.9 Å². The average Bonchev–Trinajstić information content (AvgIpc) is 2.95. The fraction of sp³-hybridized carbons (Fsp3) is 0.286. The maximum Gasteiger partial charge on any atom is 0.183 e. The number of anilines is 1. The maximum absolute atomic E-state index is 4.58. The third kappa shape index (κ3) is 2.61. The van der Waals surface area contributed by atoms with Crippen LogP contribution in [-0.2, 0) is 13.5 Å². The number of aromatic nitrogens is 3. The molecule has 5 heteroatoms. The van der Waals surface area contributed by atoms with E-state index in [1.165, 1.54) is 10.3 Å². The number of fused-ring (bicyclic) bond motifs is 1. The Morgan fingerprint density at radius 1 is 1.37 bits per heavy atom. The predicted molar refractivity (Wildman–Crippen MR) is 79.8 cm³/mol. The summed E-state index contributed by atoms with van der Waals surface area (Å²) in [5.41, 5.74) is 2.34. The minimum atomic E-state index is 0.851. The minimum Gasteiger partial charge on any atom is -0.361 e. The zero-order chi connectivity index (χ0) is 13.2. The Hall–Kier alpha value is -1.88. The summed E-state index contributed by atoms with van der Waals surface area (Å²) in [6, 6.07) is 6.35. The molecule has 0 spiro atoms. The Morgan fingerprint density at radius 3 is 3.05 bits per heavy atom. The molecule has 2 heterocycles. The van der Waals surface area contributed by atoms with Crippen molar-refractivity contribution in [2.45, 2.75) is 13.3 Å². The molecule has 2 aromatic heterocycles. The molecule has 3 rings (SSSR count). The van der Waals surface area contributed by atoms with E-state index in [0.717, 1.165) is 29.4 Å². The number of hydrogen-bond donors (Lipinski definition) is 1. The van der Waals surface area contributed by atoms with Gasteiger partial charge in [-0.05, 0) is 24.6 Å². The van der Waals surface area contributed by atoms with Gasteiger partial charge in [0.05, 0.1) is 10.2 Å². The molecule has 0 saturated heterocycles. The second kappa shape index (κ2) is 5.01. The zero-order valence-corrected chi connectivity index (χ0v) is 11.9. The van der Waals surface area contributed by atoms with Gasteiger partial charge in [-0.25, -0.2) is 9.97 Å². The summed E-state index contributed by atoms with van der Waals surface area (Å²) in [4.78, 5) is 8.88. The van der Waals surface area contributed by atoms with Crippen molar-refractivity contribution >= 4 is 26.7 Å². The Bertz CT molecular complexity index is 698. The molecule has 98 valence electrons. The lowest BCUT2D eigenvalue weighted by atomic mass is 10.2. The van der Waals surface area contributed by atoms with Crippen LogP contribution in [0.25, 0.3) is 10.2 Å². The average molecular weight is 272 g/mol. The molecule has 1 N–H and O–H groups in total. The molecule has 0 saturated carbocycles. The van der Waals surface area contributed by atoms with Crippen molar-refractivity contribution in [1.29, 1.82) is 0 Å². The van der Waals surface area contributed by atoms with Crippen molar-refractivity contribution in [3.63, 3.8) is 0 Å². The highest BCUT2D eigenvalue weighted by Gasteiger charge is 2.04. The summed E-state index contributed by atoms with van der Waals surface area (Å²) in [6.45, 7) is 2.96. The predicted octanol–water partition coefficient (Wildman–Crippen LogP) is 2.99. The number of nitrogens with zero attached hydrogens (tertiary/aromatic N) is 3. The Balaban J connectivity index is 1.67. The van der Waals surface area contributed by atoms with Gasteiger partial charge in [0.25, 0.3) is 0 Å². The number of rotatable bonds is 4. The van der Waals surface area contributed by atoms with E-state index >= 15 is 0 Å². The van der Waals surface area contributed by atoms with Gasteiger partial charge in [0, 0.05) is 32.4 Å². The molecule has 0 amide bonds. The van der Waals surface area contributed by atoms with E-state index in [0.29, 0.717) is 0 Å². The Labute approximate surface area is 116 Å². The zero-order valence-electron chi connectivity index (χ0n) is 11.1. The molecule has 3 aromatic rings. The molecule has 0 aliphatic heterocycles. The molecular formula is C14H16N4S. The highest BCUT2D eigenvalue weighted by Crippen LogP contribution is 2.26. The van der Waals surface area contributed by atoms with Gasteiger partial charge in [0.1, 0.15) is 5.82 Å². The fourth-order valence-electron chi connectivity index (χ4n) is 2.03. The first kappa shape index (κ1) is 12.2. The molecule has 4 nitrogen and oxygen atoms in total. The first-order chi connectivity index (χ1) is 9.22. The van der Waals surface area contributed by atoms with Crippen LogP contribution in [0.2, 0.25) is 0 Å². The highest BCUT2D eigenvalue weighted by molar-refractivity contribution is 7.22. The largest absolute Gasteiger partial charge is 0.361 e. The van der Waals surface area contributed by atoms with Crippen molar-refractivity contribution in [1.82, 2.24) is 14.5 Å². The Kier molecular flexibility index (Phi) is 3.21. The molecule has 1 aromatic carbocycles. The van der Waals surface area contributed by atoms with Gasteiger partial charge >= 0.3 is 0 Å². The van der Waals surface area contributed by atoms with E-state index in [1.807, 2.05) is 24.0 Å². The van der Waals surface area contributed by atoms with Crippen LogP contribution in [0.1, 0.15) is 11.4 Å². The van der Waals surface area contributed by atoms with Crippen LogP contribution in [0.4, 0.5) is 5.13 Å². The van der Waals surface area contributed by atoms with Gasteiger partial charge < -0.3 is 9.88 Å². The second-order valence-electron chi connectivity index (χ2n) is 4.62. The summed E-state index contributed by atoms with van der Waals surface area (Å²) in [7, 11) is 2.02. The lowest BCUT2D eigenvalue weighted by Gasteiger charge is -2.02. The number of benzene rings is 1. The standard InChI is InChI=1S/C14H16N4S/c1-10-3-4-11-12(9-10)19-14(17-11)16-6-5-13-15-7-8-18(13)2/h3-4,7-9H,5-6H2,1-2H3,(H,16,17). The van der Waals surface area contributed by atoms with Crippen molar-refractivity contribution in [3.05, 3.63) is 42.0 Å². The smallest absolute Gasteiger partial charge is 0.183 e.